The van der Waals surface area contributed by atoms with Crippen molar-refractivity contribution in [2.45, 2.75) is 37.3 Å². The summed E-state index contributed by atoms with van der Waals surface area (Å²) in [6, 6.07) is 6.78. The molecule has 5 rings (SSSR count). The summed E-state index contributed by atoms with van der Waals surface area (Å²) < 4.78 is 62.6. The fourth-order valence-electron chi connectivity index (χ4n) is 4.86. The van der Waals surface area contributed by atoms with Crippen molar-refractivity contribution in [3.63, 3.8) is 0 Å². The number of hydrogen-bond acceptors (Lipinski definition) is 5. The van der Waals surface area contributed by atoms with Gasteiger partial charge in [-0.25, -0.2) is 4.39 Å². The van der Waals surface area contributed by atoms with E-state index in [2.05, 4.69) is 5.16 Å². The van der Waals surface area contributed by atoms with Gasteiger partial charge in [0, 0.05) is 12.0 Å². The first-order valence-electron chi connectivity index (χ1n) is 11.0. The molecule has 2 aromatic carbocycles. The van der Waals surface area contributed by atoms with Crippen molar-refractivity contribution < 1.29 is 37.0 Å². The van der Waals surface area contributed by atoms with Gasteiger partial charge in [-0.05, 0) is 34.9 Å². The number of carbonyl (C=O) groups excluding carboxylic acids is 1. The van der Waals surface area contributed by atoms with E-state index in [1.807, 2.05) is 0 Å². The topological polar surface area (TPSA) is 71.4 Å². The zero-order valence-corrected chi connectivity index (χ0v) is 20.3. The van der Waals surface area contributed by atoms with Gasteiger partial charge in [0.25, 0.3) is 5.60 Å². The Bertz CT molecular complexity index is 1260. The maximum absolute atomic E-state index is 14.3. The maximum Gasteiger partial charge on any atom is 0.435 e. The lowest BCUT2D eigenvalue weighted by Gasteiger charge is -2.48. The van der Waals surface area contributed by atoms with Crippen molar-refractivity contribution >= 4 is 34.8 Å². The number of aliphatic hydroxyl groups is 1. The van der Waals surface area contributed by atoms with Gasteiger partial charge in [-0.2, -0.15) is 13.2 Å². The third-order valence-electron chi connectivity index (χ3n) is 6.97. The molecule has 0 aromatic heterocycles. The predicted octanol–water partition coefficient (Wildman–Crippen LogP) is 4.91. The van der Waals surface area contributed by atoms with Crippen LogP contribution >= 0.6 is 23.2 Å². The molecule has 3 heterocycles. The number of likely N-dealkylation sites (tertiary alicyclic amines) is 1. The van der Waals surface area contributed by atoms with Gasteiger partial charge in [-0.3, -0.25) is 4.79 Å². The second kappa shape index (κ2) is 8.58. The highest BCUT2D eigenvalue weighted by molar-refractivity contribution is 6.35. The van der Waals surface area contributed by atoms with Crippen LogP contribution in [-0.2, 0) is 32.2 Å². The lowest BCUT2D eigenvalue weighted by molar-refractivity contribution is -0.275. The predicted molar refractivity (Wildman–Crippen MR) is 122 cm³/mol. The molecule has 2 atom stereocenters. The molecule has 3 aliphatic heterocycles. The molecule has 36 heavy (non-hydrogen) atoms. The smallest absolute Gasteiger partial charge is 0.396 e. The summed E-state index contributed by atoms with van der Waals surface area (Å²) in [4.78, 5) is 18.9. The first kappa shape index (κ1) is 25.3. The normalized spacial score (nSPS) is 23.2. The van der Waals surface area contributed by atoms with Gasteiger partial charge in [0.1, 0.15) is 5.60 Å². The number of hydrogen-bond donors (Lipinski definition) is 1. The van der Waals surface area contributed by atoms with Crippen LogP contribution < -0.4 is 0 Å². The molecule has 0 aliphatic carbocycles. The second-order valence-corrected chi connectivity index (χ2v) is 10.1. The van der Waals surface area contributed by atoms with Crippen molar-refractivity contribution in [3.8, 4) is 0 Å². The molecule has 12 heteroatoms. The van der Waals surface area contributed by atoms with Crippen molar-refractivity contribution in [3.05, 3.63) is 68.4 Å². The van der Waals surface area contributed by atoms with Gasteiger partial charge in [0.15, 0.2) is 5.82 Å². The molecule has 0 bridgehead atoms. The van der Waals surface area contributed by atoms with E-state index in [9.17, 15) is 27.5 Å². The zero-order chi connectivity index (χ0) is 26.0. The van der Waals surface area contributed by atoms with E-state index in [0.29, 0.717) is 18.7 Å². The number of benzene rings is 2. The third-order valence-corrected chi connectivity index (χ3v) is 7.52. The largest absolute Gasteiger partial charge is 0.435 e. The Balaban J connectivity index is 1.40. The maximum atomic E-state index is 14.3. The summed E-state index contributed by atoms with van der Waals surface area (Å²) in [7, 11) is 0. The number of halogens is 6. The van der Waals surface area contributed by atoms with Gasteiger partial charge in [0.05, 0.1) is 48.0 Å². The number of amides is 1. The molecule has 2 unspecified atom stereocenters. The van der Waals surface area contributed by atoms with Gasteiger partial charge < -0.3 is 19.6 Å². The van der Waals surface area contributed by atoms with E-state index in [4.69, 9.17) is 32.8 Å². The zero-order valence-electron chi connectivity index (χ0n) is 18.8. The van der Waals surface area contributed by atoms with E-state index in [0.717, 1.165) is 23.3 Å². The third kappa shape index (κ3) is 3.77. The van der Waals surface area contributed by atoms with Crippen LogP contribution in [0.2, 0.25) is 10.0 Å². The van der Waals surface area contributed by atoms with Crippen LogP contribution in [0.1, 0.15) is 35.6 Å². The summed E-state index contributed by atoms with van der Waals surface area (Å²) in [5.74, 6) is -1.70. The molecule has 3 aliphatic rings. The quantitative estimate of drug-likeness (QED) is 0.437. The molecule has 0 saturated carbocycles. The number of fused-ring (bicyclic) bond motifs is 2. The van der Waals surface area contributed by atoms with Crippen LogP contribution in [0.4, 0.5) is 17.6 Å². The number of nitrogens with zero attached hydrogens (tertiary/aromatic N) is 2. The van der Waals surface area contributed by atoms with E-state index in [-0.39, 0.29) is 24.8 Å². The first-order valence-corrected chi connectivity index (χ1v) is 11.8. The Kier molecular flexibility index (Phi) is 6.02. The van der Waals surface area contributed by atoms with Crippen LogP contribution in [0.5, 0.6) is 0 Å². The first-order chi connectivity index (χ1) is 16.9. The lowest BCUT2D eigenvalue weighted by atomic mass is 9.82. The highest BCUT2D eigenvalue weighted by Crippen LogP contribution is 2.51. The Hall–Kier alpha value is -2.40. The van der Waals surface area contributed by atoms with Crippen LogP contribution in [0, 0.1) is 11.7 Å². The number of aliphatic hydroxyl groups excluding tert-OH is 1. The summed E-state index contributed by atoms with van der Waals surface area (Å²) in [5, 5.41) is 11.9. The number of ether oxygens (including phenoxy) is 1. The van der Waals surface area contributed by atoms with Crippen molar-refractivity contribution in [2.24, 2.45) is 11.1 Å². The fourth-order valence-corrected chi connectivity index (χ4v) is 5.34. The average molecular weight is 547 g/mol. The van der Waals surface area contributed by atoms with Crippen LogP contribution in [0.15, 0.2) is 35.5 Å². The minimum atomic E-state index is -4.90. The Morgan fingerprint density at radius 3 is 2.50 bits per heavy atom. The highest BCUT2D eigenvalue weighted by Gasteiger charge is 2.62. The second-order valence-electron chi connectivity index (χ2n) is 9.32. The minimum Gasteiger partial charge on any atom is -0.396 e. The number of carbonyl (C=O) groups is 1. The molecular formula is C24H20Cl2F4N2O4. The molecular weight excluding hydrogens is 527 g/mol. The summed E-state index contributed by atoms with van der Waals surface area (Å²) in [6.45, 7) is 2.28. The van der Waals surface area contributed by atoms with Gasteiger partial charge in [-0.1, -0.05) is 47.4 Å². The summed E-state index contributed by atoms with van der Waals surface area (Å²) >= 11 is 11.5. The van der Waals surface area contributed by atoms with Crippen LogP contribution in [0.3, 0.4) is 0 Å². The van der Waals surface area contributed by atoms with E-state index in [1.165, 1.54) is 0 Å². The molecule has 0 radical (unpaired) electrons. The average Bonchev–Trinajstić information content (AvgIpc) is 3.43. The minimum absolute atomic E-state index is 0.0508. The molecule has 1 N–H and O–H groups in total. The fraction of sp³-hybridized carbons (Fsp3) is 0.417. The number of rotatable bonds is 4. The van der Waals surface area contributed by atoms with E-state index in [1.54, 1.807) is 30.0 Å². The van der Waals surface area contributed by atoms with Crippen molar-refractivity contribution in [2.75, 3.05) is 19.7 Å². The summed E-state index contributed by atoms with van der Waals surface area (Å²) in [5.41, 5.74) is -1.91. The summed E-state index contributed by atoms with van der Waals surface area (Å²) in [6.07, 6.45) is -5.57. The van der Waals surface area contributed by atoms with Gasteiger partial charge in [-0.15, -0.1) is 0 Å². The van der Waals surface area contributed by atoms with Crippen molar-refractivity contribution in [1.82, 2.24) is 4.90 Å². The number of alkyl halides is 3. The molecule has 1 fully saturated rings. The Morgan fingerprint density at radius 2 is 1.89 bits per heavy atom. The standard InChI is InChI=1S/C24H20Cl2F4N2O4/c1-12(8-33)21(34)32-10-22(11-32)16-3-2-13(4-14(16)9-35-22)19-7-23(36-31-19,24(28,29)30)15-5-17(25)20(27)18(26)6-15/h2-6,12,33H,7-11H2,1H3. The van der Waals surface area contributed by atoms with Crippen molar-refractivity contribution in [1.29, 1.82) is 0 Å². The Labute approximate surface area is 213 Å². The highest BCUT2D eigenvalue weighted by atomic mass is 35.5. The Morgan fingerprint density at radius 1 is 1.22 bits per heavy atom. The molecule has 6 nitrogen and oxygen atoms in total. The SMILES string of the molecule is CC(CO)C(=O)N1CC2(C1)OCc1cc(C3=NOC(c4cc(Cl)c(F)c(Cl)c4)(C(F)(F)F)C3)ccc12. The molecule has 192 valence electrons. The van der Waals surface area contributed by atoms with Gasteiger partial charge in [0.2, 0.25) is 5.91 Å². The molecule has 1 amide bonds. The van der Waals surface area contributed by atoms with Gasteiger partial charge >= 0.3 is 6.18 Å². The van der Waals surface area contributed by atoms with Crippen LogP contribution in [-0.4, -0.2) is 47.5 Å². The molecule has 2 aromatic rings. The molecule has 1 saturated heterocycles. The molecule has 1 spiro atoms. The van der Waals surface area contributed by atoms with E-state index < -0.39 is 51.1 Å². The monoisotopic (exact) mass is 546 g/mol. The lowest BCUT2D eigenvalue weighted by Crippen LogP contribution is -2.62. The number of oxime groups is 1. The van der Waals surface area contributed by atoms with Crippen LogP contribution in [0.25, 0.3) is 0 Å². The van der Waals surface area contributed by atoms with E-state index >= 15 is 0 Å².